The number of nitrogens with two attached hydrogens (primary N) is 1. The predicted octanol–water partition coefficient (Wildman–Crippen LogP) is 0.522. The molecule has 0 aromatic rings. The smallest absolute Gasteiger partial charge is 0.226 e. The standard InChI is InChI=1S/C8H18OSi2.C4H11NO3.Pt/c1-7-11(6,8-2)9-10(3,4)5;5-4(1-6,2-7)3-8;/h7-8H,1-2H2,3-6H3;6-8H,1-3,5H2;. The largest absolute Gasteiger partial charge is 0.450 e. The molecule has 5 N–H and O–H groups in total. The molecular formula is C12H29NO4PtSi2. The van der Waals surface area contributed by atoms with Crippen molar-refractivity contribution >= 4 is 16.6 Å². The van der Waals surface area contributed by atoms with Crippen molar-refractivity contribution in [2.45, 2.75) is 31.7 Å². The van der Waals surface area contributed by atoms with Crippen LogP contribution in [0.3, 0.4) is 0 Å². The third kappa shape index (κ3) is 12.2. The fourth-order valence-electron chi connectivity index (χ4n) is 0.976. The van der Waals surface area contributed by atoms with Gasteiger partial charge in [-0.15, -0.1) is 13.2 Å². The van der Waals surface area contributed by atoms with Gasteiger partial charge in [-0.1, -0.05) is 11.4 Å². The van der Waals surface area contributed by atoms with Crippen LogP contribution < -0.4 is 5.73 Å². The van der Waals surface area contributed by atoms with E-state index in [9.17, 15) is 0 Å². The molecule has 0 aliphatic rings. The summed E-state index contributed by atoms with van der Waals surface area (Å²) in [5.41, 5.74) is 7.80. The summed E-state index contributed by atoms with van der Waals surface area (Å²) < 4.78 is 5.97. The van der Waals surface area contributed by atoms with Gasteiger partial charge in [-0.25, -0.2) is 0 Å². The van der Waals surface area contributed by atoms with E-state index in [1.807, 2.05) is 11.4 Å². The van der Waals surface area contributed by atoms with Gasteiger partial charge in [0, 0.05) is 21.1 Å². The van der Waals surface area contributed by atoms with Crippen molar-refractivity contribution in [3.63, 3.8) is 0 Å². The fourth-order valence-corrected chi connectivity index (χ4v) is 7.09. The molecule has 0 spiro atoms. The quantitative estimate of drug-likeness (QED) is 0.381. The zero-order valence-electron chi connectivity index (χ0n) is 12.8. The van der Waals surface area contributed by atoms with Gasteiger partial charge in [0.25, 0.3) is 0 Å². The molecule has 0 aliphatic carbocycles. The van der Waals surface area contributed by atoms with Crippen molar-refractivity contribution in [1.29, 1.82) is 0 Å². The molecule has 0 aromatic heterocycles. The Morgan fingerprint density at radius 3 is 1.35 bits per heavy atom. The van der Waals surface area contributed by atoms with E-state index in [-0.39, 0.29) is 21.1 Å². The zero-order chi connectivity index (χ0) is 15.7. The molecule has 0 fully saturated rings. The van der Waals surface area contributed by atoms with Crippen LogP contribution in [0.1, 0.15) is 0 Å². The molecule has 0 aromatic carbocycles. The summed E-state index contributed by atoms with van der Waals surface area (Å²) in [5, 5.41) is 25.0. The zero-order valence-corrected chi connectivity index (χ0v) is 17.1. The van der Waals surface area contributed by atoms with Crippen LogP contribution in [0.5, 0.6) is 0 Å². The van der Waals surface area contributed by atoms with Crippen molar-refractivity contribution < 1.29 is 40.5 Å². The molecule has 20 heavy (non-hydrogen) atoms. The van der Waals surface area contributed by atoms with Gasteiger partial charge in [-0.2, -0.15) is 0 Å². The molecular weight excluding hydrogens is 473 g/mol. The molecule has 0 saturated heterocycles. The van der Waals surface area contributed by atoms with Gasteiger partial charge in [0.2, 0.25) is 8.32 Å². The average Bonchev–Trinajstić information content (AvgIpc) is 2.36. The van der Waals surface area contributed by atoms with E-state index in [4.69, 9.17) is 25.2 Å². The SMILES string of the molecule is C=C[Si](C)(C=C)O[Si](C)(C)C.NC(CO)(CO)CO.[Pt]. The van der Waals surface area contributed by atoms with Gasteiger partial charge in [0.1, 0.15) is 0 Å². The maximum absolute atomic E-state index is 8.34. The Bertz CT molecular complexity index is 265. The van der Waals surface area contributed by atoms with Crippen molar-refractivity contribution in [3.8, 4) is 0 Å². The van der Waals surface area contributed by atoms with Crippen LogP contribution in [-0.4, -0.2) is 57.3 Å². The van der Waals surface area contributed by atoms with E-state index >= 15 is 0 Å². The van der Waals surface area contributed by atoms with E-state index in [1.165, 1.54) is 0 Å². The van der Waals surface area contributed by atoms with Gasteiger partial charge < -0.3 is 25.2 Å². The second-order valence-electron chi connectivity index (χ2n) is 5.64. The van der Waals surface area contributed by atoms with Gasteiger partial charge >= 0.3 is 0 Å². The molecule has 0 radical (unpaired) electrons. The first-order valence-corrected chi connectivity index (χ1v) is 12.1. The van der Waals surface area contributed by atoms with Crippen LogP contribution >= 0.6 is 0 Å². The molecule has 124 valence electrons. The molecule has 0 unspecified atom stereocenters. The summed E-state index contributed by atoms with van der Waals surface area (Å²) in [6.45, 7) is 15.0. The Labute approximate surface area is 139 Å². The number of aliphatic hydroxyl groups is 3. The molecule has 0 amide bonds. The van der Waals surface area contributed by atoms with Crippen molar-refractivity contribution in [3.05, 3.63) is 24.6 Å². The predicted molar refractivity (Wildman–Crippen MR) is 84.6 cm³/mol. The maximum atomic E-state index is 8.34. The Morgan fingerprint density at radius 2 is 1.30 bits per heavy atom. The summed E-state index contributed by atoms with van der Waals surface area (Å²) in [4.78, 5) is 0. The number of hydrogen-bond acceptors (Lipinski definition) is 5. The number of rotatable bonds is 7. The van der Waals surface area contributed by atoms with E-state index in [2.05, 4.69) is 39.3 Å². The number of aliphatic hydroxyl groups excluding tert-OH is 3. The Morgan fingerprint density at radius 1 is 1.00 bits per heavy atom. The Balaban J connectivity index is -0.000000288. The Hall–Kier alpha value is 0.402. The normalized spacial score (nSPS) is 11.8. The van der Waals surface area contributed by atoms with Gasteiger partial charge in [0.15, 0.2) is 8.32 Å². The second kappa shape index (κ2) is 11.0. The van der Waals surface area contributed by atoms with Crippen LogP contribution in [0.2, 0.25) is 26.2 Å². The monoisotopic (exact) mass is 502 g/mol. The molecule has 5 nitrogen and oxygen atoms in total. The van der Waals surface area contributed by atoms with Crippen LogP contribution in [-0.2, 0) is 25.2 Å². The first-order chi connectivity index (χ1) is 8.51. The number of hydrogen-bond donors (Lipinski definition) is 4. The van der Waals surface area contributed by atoms with Gasteiger partial charge in [0.05, 0.1) is 25.4 Å². The van der Waals surface area contributed by atoms with Crippen LogP contribution in [0, 0.1) is 0 Å². The minimum absolute atomic E-state index is 0. The summed E-state index contributed by atoms with van der Waals surface area (Å²) >= 11 is 0. The van der Waals surface area contributed by atoms with Crippen molar-refractivity contribution in [2.75, 3.05) is 19.8 Å². The molecule has 0 heterocycles. The third-order valence-corrected chi connectivity index (χ3v) is 8.11. The minimum atomic E-state index is -1.74. The van der Waals surface area contributed by atoms with Crippen molar-refractivity contribution in [2.24, 2.45) is 5.73 Å². The van der Waals surface area contributed by atoms with E-state index < -0.39 is 42.0 Å². The summed E-state index contributed by atoms with van der Waals surface area (Å²) in [6, 6.07) is 0. The molecule has 0 bridgehead atoms. The van der Waals surface area contributed by atoms with Gasteiger partial charge in [-0.3, -0.25) is 0 Å². The minimum Gasteiger partial charge on any atom is -0.450 e. The topological polar surface area (TPSA) is 95.9 Å². The second-order valence-corrected chi connectivity index (χ2v) is 13.9. The average molecular weight is 503 g/mol. The molecule has 0 rings (SSSR count). The first-order valence-electron chi connectivity index (χ1n) is 6.10. The van der Waals surface area contributed by atoms with E-state index in [1.54, 1.807) is 0 Å². The molecule has 0 saturated carbocycles. The summed E-state index contributed by atoms with van der Waals surface area (Å²) in [5.74, 6) is 0. The Kier molecular flexibility index (Phi) is 14.0. The first kappa shape index (κ1) is 25.4. The summed E-state index contributed by atoms with van der Waals surface area (Å²) in [7, 11) is -3.16. The van der Waals surface area contributed by atoms with E-state index in [0.29, 0.717) is 0 Å². The molecule has 0 atom stereocenters. The molecule has 0 aliphatic heterocycles. The van der Waals surface area contributed by atoms with Crippen molar-refractivity contribution in [1.82, 2.24) is 0 Å². The van der Waals surface area contributed by atoms with Crippen LogP contribution in [0.4, 0.5) is 0 Å². The fraction of sp³-hybridized carbons (Fsp3) is 0.667. The molecule has 8 heteroatoms. The van der Waals surface area contributed by atoms with Crippen LogP contribution in [0.25, 0.3) is 0 Å². The van der Waals surface area contributed by atoms with Gasteiger partial charge in [-0.05, 0) is 26.2 Å². The van der Waals surface area contributed by atoms with Crippen LogP contribution in [0.15, 0.2) is 24.6 Å². The van der Waals surface area contributed by atoms with E-state index in [0.717, 1.165) is 0 Å². The third-order valence-electron chi connectivity index (χ3n) is 2.28. The summed E-state index contributed by atoms with van der Waals surface area (Å²) in [6.07, 6.45) is 0. The maximum Gasteiger partial charge on any atom is 0.226 e.